The molecule has 0 bridgehead atoms. The summed E-state index contributed by atoms with van der Waals surface area (Å²) in [5.74, 6) is 0.563. The maximum Gasteiger partial charge on any atom is 0.404 e. The summed E-state index contributed by atoms with van der Waals surface area (Å²) < 4.78 is 5.44. The smallest absolute Gasteiger partial charge is 0.404 e. The highest BCUT2D eigenvalue weighted by atomic mass is 35.5. The first-order valence-electron chi connectivity index (χ1n) is 7.11. The van der Waals surface area contributed by atoms with E-state index >= 15 is 0 Å². The van der Waals surface area contributed by atoms with E-state index in [1.54, 1.807) is 29.2 Å². The number of carboxylic acid groups (broad SMARTS) is 1. The third kappa shape index (κ3) is 4.53. The monoisotopic (exact) mass is 326 g/mol. The van der Waals surface area contributed by atoms with Crippen molar-refractivity contribution in [2.24, 2.45) is 5.92 Å². The second kappa shape index (κ2) is 7.35. The molecule has 1 saturated heterocycles. The number of rotatable bonds is 4. The van der Waals surface area contributed by atoms with E-state index in [-0.39, 0.29) is 24.5 Å². The van der Waals surface area contributed by atoms with Crippen LogP contribution in [0.2, 0.25) is 5.02 Å². The predicted molar refractivity (Wildman–Crippen MR) is 82.3 cm³/mol. The Morgan fingerprint density at radius 1 is 1.41 bits per heavy atom. The van der Waals surface area contributed by atoms with Gasteiger partial charge in [-0.1, -0.05) is 18.5 Å². The number of halogens is 1. The van der Waals surface area contributed by atoms with Crippen LogP contribution >= 0.6 is 11.6 Å². The number of amides is 2. The van der Waals surface area contributed by atoms with Gasteiger partial charge >= 0.3 is 6.09 Å². The number of piperidine rings is 1. The van der Waals surface area contributed by atoms with E-state index in [4.69, 9.17) is 21.4 Å². The number of ether oxygens (including phenoxy) is 1. The van der Waals surface area contributed by atoms with Gasteiger partial charge in [-0.2, -0.15) is 0 Å². The van der Waals surface area contributed by atoms with E-state index in [1.807, 2.05) is 6.92 Å². The van der Waals surface area contributed by atoms with Crippen molar-refractivity contribution >= 4 is 23.6 Å². The zero-order chi connectivity index (χ0) is 16.1. The number of hydrogen-bond donors (Lipinski definition) is 2. The standard InChI is InChI=1S/C15H19ClN2O4/c1-10-8-18(7-6-13(10)17-15(20)21)14(19)9-22-12-4-2-11(16)3-5-12/h2-5,10,13,17H,6-9H2,1H3,(H,20,21). The van der Waals surface area contributed by atoms with Crippen LogP contribution in [0.15, 0.2) is 24.3 Å². The molecular formula is C15H19ClN2O4. The lowest BCUT2D eigenvalue weighted by atomic mass is 9.94. The van der Waals surface area contributed by atoms with E-state index in [1.165, 1.54) is 0 Å². The average molecular weight is 327 g/mol. The predicted octanol–water partition coefficient (Wildman–Crippen LogP) is 2.22. The van der Waals surface area contributed by atoms with Gasteiger partial charge in [0.25, 0.3) is 5.91 Å². The molecule has 2 N–H and O–H groups in total. The molecule has 0 radical (unpaired) electrons. The molecule has 1 aromatic rings. The Hall–Kier alpha value is -1.95. The molecular weight excluding hydrogens is 308 g/mol. The van der Waals surface area contributed by atoms with Crippen LogP contribution in [0.3, 0.4) is 0 Å². The Labute approximate surface area is 134 Å². The molecule has 1 aromatic carbocycles. The lowest BCUT2D eigenvalue weighted by Gasteiger charge is -2.36. The van der Waals surface area contributed by atoms with Gasteiger partial charge in [0.2, 0.25) is 0 Å². The van der Waals surface area contributed by atoms with Gasteiger partial charge in [-0.25, -0.2) is 4.79 Å². The van der Waals surface area contributed by atoms with Crippen molar-refractivity contribution in [3.63, 3.8) is 0 Å². The normalized spacial score (nSPS) is 21.3. The minimum atomic E-state index is -1.03. The highest BCUT2D eigenvalue weighted by Crippen LogP contribution is 2.18. The lowest BCUT2D eigenvalue weighted by molar-refractivity contribution is -0.135. The summed E-state index contributed by atoms with van der Waals surface area (Å²) in [6.07, 6.45) is -0.414. The molecule has 120 valence electrons. The van der Waals surface area contributed by atoms with E-state index in [2.05, 4.69) is 5.32 Å². The second-order valence-electron chi connectivity index (χ2n) is 5.40. The zero-order valence-electron chi connectivity index (χ0n) is 12.3. The molecule has 2 amide bonds. The molecule has 2 unspecified atom stereocenters. The van der Waals surface area contributed by atoms with Crippen LogP contribution in [0.1, 0.15) is 13.3 Å². The molecule has 1 aliphatic rings. The topological polar surface area (TPSA) is 78.9 Å². The van der Waals surface area contributed by atoms with E-state index in [0.29, 0.717) is 30.3 Å². The molecule has 0 spiro atoms. The van der Waals surface area contributed by atoms with Gasteiger partial charge in [0.15, 0.2) is 6.61 Å². The number of carbonyl (C=O) groups excluding carboxylic acids is 1. The van der Waals surface area contributed by atoms with E-state index < -0.39 is 6.09 Å². The highest BCUT2D eigenvalue weighted by molar-refractivity contribution is 6.30. The first-order chi connectivity index (χ1) is 10.5. The molecule has 0 aromatic heterocycles. The van der Waals surface area contributed by atoms with Crippen molar-refractivity contribution in [1.82, 2.24) is 10.2 Å². The van der Waals surface area contributed by atoms with E-state index in [0.717, 1.165) is 0 Å². The summed E-state index contributed by atoms with van der Waals surface area (Å²) in [7, 11) is 0. The molecule has 1 heterocycles. The van der Waals surface area contributed by atoms with Gasteiger partial charge in [-0.05, 0) is 36.6 Å². The SMILES string of the molecule is CC1CN(C(=O)COc2ccc(Cl)cc2)CCC1NC(=O)O. The maximum atomic E-state index is 12.2. The van der Waals surface area contributed by atoms with Crippen LogP contribution in [-0.2, 0) is 4.79 Å². The summed E-state index contributed by atoms with van der Waals surface area (Å²) in [4.78, 5) is 24.6. The number of likely N-dealkylation sites (tertiary alicyclic amines) is 1. The largest absolute Gasteiger partial charge is 0.484 e. The van der Waals surface area contributed by atoms with Gasteiger partial charge in [-0.3, -0.25) is 4.79 Å². The zero-order valence-corrected chi connectivity index (χ0v) is 13.0. The number of benzene rings is 1. The van der Waals surface area contributed by atoms with Crippen molar-refractivity contribution in [1.29, 1.82) is 0 Å². The second-order valence-corrected chi connectivity index (χ2v) is 5.84. The molecule has 7 heteroatoms. The van der Waals surface area contributed by atoms with Crippen molar-refractivity contribution < 1.29 is 19.4 Å². The van der Waals surface area contributed by atoms with Crippen LogP contribution < -0.4 is 10.1 Å². The molecule has 2 atom stereocenters. The Morgan fingerprint density at radius 2 is 2.09 bits per heavy atom. The quantitative estimate of drug-likeness (QED) is 0.889. The van der Waals surface area contributed by atoms with Crippen LogP contribution in [0, 0.1) is 5.92 Å². The van der Waals surface area contributed by atoms with Crippen LogP contribution in [0.5, 0.6) is 5.75 Å². The molecule has 1 fully saturated rings. The average Bonchev–Trinajstić information content (AvgIpc) is 2.48. The molecule has 0 aliphatic carbocycles. The summed E-state index contributed by atoms with van der Waals surface area (Å²) in [6, 6.07) is 6.71. The van der Waals surface area contributed by atoms with Crippen LogP contribution in [0.25, 0.3) is 0 Å². The van der Waals surface area contributed by atoms with Crippen LogP contribution in [0.4, 0.5) is 4.79 Å². The Kier molecular flexibility index (Phi) is 5.49. The minimum Gasteiger partial charge on any atom is -0.484 e. The van der Waals surface area contributed by atoms with Gasteiger partial charge < -0.3 is 20.1 Å². The fraction of sp³-hybridized carbons (Fsp3) is 0.467. The maximum absolute atomic E-state index is 12.2. The Balaban J connectivity index is 1.81. The molecule has 22 heavy (non-hydrogen) atoms. The summed E-state index contributed by atoms with van der Waals surface area (Å²) in [6.45, 7) is 2.94. The lowest BCUT2D eigenvalue weighted by Crippen LogP contribution is -2.52. The van der Waals surface area contributed by atoms with Gasteiger partial charge in [0.1, 0.15) is 5.75 Å². The van der Waals surface area contributed by atoms with Gasteiger partial charge in [-0.15, -0.1) is 0 Å². The minimum absolute atomic E-state index is 0.0363. The Bertz CT molecular complexity index is 535. The fourth-order valence-electron chi connectivity index (χ4n) is 2.51. The van der Waals surface area contributed by atoms with Crippen molar-refractivity contribution in [3.8, 4) is 5.75 Å². The third-order valence-electron chi connectivity index (χ3n) is 3.74. The number of carbonyl (C=O) groups is 2. The van der Waals surface area contributed by atoms with Crippen LogP contribution in [-0.4, -0.2) is 47.7 Å². The van der Waals surface area contributed by atoms with E-state index in [9.17, 15) is 9.59 Å². The van der Waals surface area contributed by atoms with Crippen molar-refractivity contribution in [2.75, 3.05) is 19.7 Å². The summed E-state index contributed by atoms with van der Waals surface area (Å²) >= 11 is 5.78. The van der Waals surface area contributed by atoms with Gasteiger partial charge in [0.05, 0.1) is 0 Å². The van der Waals surface area contributed by atoms with Gasteiger partial charge in [0, 0.05) is 24.2 Å². The highest BCUT2D eigenvalue weighted by Gasteiger charge is 2.29. The molecule has 1 aliphatic heterocycles. The van der Waals surface area contributed by atoms with Crippen molar-refractivity contribution in [3.05, 3.63) is 29.3 Å². The Morgan fingerprint density at radius 3 is 2.68 bits per heavy atom. The molecule has 2 rings (SSSR count). The third-order valence-corrected chi connectivity index (χ3v) is 3.99. The van der Waals surface area contributed by atoms with Crippen molar-refractivity contribution in [2.45, 2.75) is 19.4 Å². The first kappa shape index (κ1) is 16.4. The fourth-order valence-corrected chi connectivity index (χ4v) is 2.64. The summed E-state index contributed by atoms with van der Waals surface area (Å²) in [5, 5.41) is 11.9. The number of hydrogen-bond acceptors (Lipinski definition) is 3. The number of nitrogens with one attached hydrogen (secondary N) is 1. The molecule has 6 nitrogen and oxygen atoms in total. The first-order valence-corrected chi connectivity index (χ1v) is 7.49. The number of nitrogens with zero attached hydrogens (tertiary/aromatic N) is 1. The molecule has 0 saturated carbocycles. The summed E-state index contributed by atoms with van der Waals surface area (Å²) in [5.41, 5.74) is 0.